The van der Waals surface area contributed by atoms with Crippen molar-refractivity contribution < 1.29 is 19.4 Å². The Labute approximate surface area is 185 Å². The van der Waals surface area contributed by atoms with E-state index < -0.39 is 18.1 Å². The summed E-state index contributed by atoms with van der Waals surface area (Å²) in [6.45, 7) is 0.741. The number of carboxylic acids is 1. The minimum absolute atomic E-state index is 0.184. The minimum atomic E-state index is -0.734. The third kappa shape index (κ3) is 4.74. The molecule has 1 saturated heterocycles. The third-order valence-corrected chi connectivity index (χ3v) is 6.76. The summed E-state index contributed by atoms with van der Waals surface area (Å²) in [5.74, 6) is -0.833. The molecule has 1 aromatic heterocycles. The number of carboxylic acid groups (broad SMARTS) is 1. The first-order valence-corrected chi connectivity index (χ1v) is 11.7. The first-order valence-electron chi connectivity index (χ1n) is 10.5. The van der Waals surface area contributed by atoms with Gasteiger partial charge in [-0.2, -0.15) is 0 Å². The molecule has 166 valence electrons. The van der Waals surface area contributed by atoms with Gasteiger partial charge in [-0.15, -0.1) is 0 Å². The standard InChI is InChI=1S/C21H27N5O4S/c1-31-21-24-18(22)17-19(25-21)30-9-8-26(20(17)29)14-6-7-15(23-11-14)13-4-2-12(3-5-13)10-16(27)28/h6-7,11-13,17,19H,2-5,8-10H2,1H3,(H,27,28)(H2,22,24,25). The number of anilines is 1. The van der Waals surface area contributed by atoms with E-state index >= 15 is 0 Å². The van der Waals surface area contributed by atoms with E-state index in [0.29, 0.717) is 29.9 Å². The fraction of sp³-hybridized carbons (Fsp3) is 0.571. The lowest BCUT2D eigenvalue weighted by molar-refractivity contribution is -0.138. The zero-order chi connectivity index (χ0) is 22.0. The number of nitrogens with two attached hydrogens (primary N) is 1. The molecular formula is C21H27N5O4S. The van der Waals surface area contributed by atoms with Gasteiger partial charge in [-0.1, -0.05) is 11.8 Å². The lowest BCUT2D eigenvalue weighted by atomic mass is 9.79. The monoisotopic (exact) mass is 445 g/mol. The fourth-order valence-electron chi connectivity index (χ4n) is 4.53. The molecule has 2 fully saturated rings. The predicted molar refractivity (Wildman–Crippen MR) is 119 cm³/mol. The Morgan fingerprint density at radius 2 is 2.10 bits per heavy atom. The molecule has 2 unspecified atom stereocenters. The van der Waals surface area contributed by atoms with Crippen LogP contribution >= 0.6 is 11.8 Å². The second kappa shape index (κ2) is 9.35. The van der Waals surface area contributed by atoms with Crippen LogP contribution in [0.15, 0.2) is 28.3 Å². The number of pyridine rings is 1. The molecule has 0 bridgehead atoms. The van der Waals surface area contributed by atoms with Crippen molar-refractivity contribution in [2.45, 2.75) is 44.2 Å². The minimum Gasteiger partial charge on any atom is -0.481 e. The number of hydrogen-bond acceptors (Lipinski definition) is 8. The molecule has 0 radical (unpaired) electrons. The molecule has 2 atom stereocenters. The Balaban J connectivity index is 1.45. The first-order chi connectivity index (χ1) is 15.0. The number of carbonyl (C=O) groups is 2. The number of thioether (sulfide) groups is 1. The smallest absolute Gasteiger partial charge is 0.303 e. The van der Waals surface area contributed by atoms with Crippen molar-refractivity contribution in [2.24, 2.45) is 27.6 Å². The van der Waals surface area contributed by atoms with Crippen LogP contribution in [0.3, 0.4) is 0 Å². The van der Waals surface area contributed by atoms with Crippen molar-refractivity contribution in [1.29, 1.82) is 0 Å². The molecule has 3 N–H and O–H groups in total. The lowest BCUT2D eigenvalue weighted by Gasteiger charge is -2.28. The molecule has 1 saturated carbocycles. The molecule has 3 heterocycles. The van der Waals surface area contributed by atoms with E-state index in [1.54, 1.807) is 11.1 Å². The average Bonchev–Trinajstić information content (AvgIpc) is 2.93. The van der Waals surface area contributed by atoms with Crippen LogP contribution in [0.1, 0.15) is 43.7 Å². The van der Waals surface area contributed by atoms with E-state index in [1.807, 2.05) is 18.4 Å². The Morgan fingerprint density at radius 1 is 1.32 bits per heavy atom. The number of amides is 1. The van der Waals surface area contributed by atoms with Crippen LogP contribution in [0, 0.1) is 11.8 Å². The number of nitrogens with zero attached hydrogens (tertiary/aromatic N) is 4. The maximum absolute atomic E-state index is 13.2. The number of hydrogen-bond donors (Lipinski definition) is 2. The Kier molecular flexibility index (Phi) is 6.57. The number of fused-ring (bicyclic) bond motifs is 1. The Bertz CT molecular complexity index is 896. The summed E-state index contributed by atoms with van der Waals surface area (Å²) >= 11 is 1.37. The summed E-state index contributed by atoms with van der Waals surface area (Å²) < 4.78 is 5.80. The molecule has 9 nitrogen and oxygen atoms in total. The van der Waals surface area contributed by atoms with Gasteiger partial charge in [-0.25, -0.2) is 9.98 Å². The van der Waals surface area contributed by atoms with Gasteiger partial charge in [0.2, 0.25) is 5.91 Å². The van der Waals surface area contributed by atoms with Crippen molar-refractivity contribution >= 4 is 40.3 Å². The number of carbonyl (C=O) groups excluding carboxylic acids is 1. The van der Waals surface area contributed by atoms with Gasteiger partial charge in [-0.3, -0.25) is 14.6 Å². The van der Waals surface area contributed by atoms with Crippen LogP contribution in [0.5, 0.6) is 0 Å². The molecule has 1 amide bonds. The van der Waals surface area contributed by atoms with Crippen LogP contribution < -0.4 is 10.6 Å². The van der Waals surface area contributed by atoms with E-state index in [-0.39, 0.29) is 24.1 Å². The molecule has 3 aliphatic rings. The molecule has 1 aromatic rings. The van der Waals surface area contributed by atoms with Crippen molar-refractivity contribution in [3.8, 4) is 0 Å². The van der Waals surface area contributed by atoms with Gasteiger partial charge in [0.05, 0.1) is 18.5 Å². The third-order valence-electron chi connectivity index (χ3n) is 6.20. The van der Waals surface area contributed by atoms with Crippen LogP contribution in [0.4, 0.5) is 5.69 Å². The van der Waals surface area contributed by atoms with Crippen LogP contribution in [-0.2, 0) is 14.3 Å². The largest absolute Gasteiger partial charge is 0.481 e. The average molecular weight is 446 g/mol. The zero-order valence-corrected chi connectivity index (χ0v) is 18.3. The Morgan fingerprint density at radius 3 is 2.74 bits per heavy atom. The number of aliphatic imine (C=N–C) groups is 2. The quantitative estimate of drug-likeness (QED) is 0.726. The number of amidine groups is 2. The molecule has 0 spiro atoms. The van der Waals surface area contributed by atoms with Gasteiger partial charge >= 0.3 is 5.97 Å². The normalized spacial score (nSPS) is 28.9. The van der Waals surface area contributed by atoms with Gasteiger partial charge < -0.3 is 20.5 Å². The van der Waals surface area contributed by atoms with Crippen molar-refractivity contribution in [2.75, 3.05) is 24.3 Å². The van der Waals surface area contributed by atoms with Crippen LogP contribution in [0.2, 0.25) is 0 Å². The van der Waals surface area contributed by atoms with E-state index in [2.05, 4.69) is 15.0 Å². The second-order valence-electron chi connectivity index (χ2n) is 8.14. The zero-order valence-electron chi connectivity index (χ0n) is 17.4. The second-order valence-corrected chi connectivity index (χ2v) is 8.91. The van der Waals surface area contributed by atoms with Gasteiger partial charge in [0.1, 0.15) is 11.8 Å². The van der Waals surface area contributed by atoms with E-state index in [0.717, 1.165) is 31.4 Å². The van der Waals surface area contributed by atoms with E-state index in [1.165, 1.54) is 11.8 Å². The topological polar surface area (TPSA) is 130 Å². The van der Waals surface area contributed by atoms with Crippen LogP contribution in [0.25, 0.3) is 0 Å². The number of rotatable bonds is 4. The maximum Gasteiger partial charge on any atom is 0.303 e. The first kappa shape index (κ1) is 21.8. The summed E-state index contributed by atoms with van der Waals surface area (Å²) in [7, 11) is 0. The highest BCUT2D eigenvalue weighted by molar-refractivity contribution is 8.13. The number of aromatic nitrogens is 1. The molecule has 4 rings (SSSR count). The molecule has 0 aromatic carbocycles. The SMILES string of the molecule is CSC1=NC2OCCN(c3ccc(C4CCC(CC(=O)O)CC4)nc3)C(=O)C2C(N)=N1. The highest BCUT2D eigenvalue weighted by Gasteiger charge is 2.41. The molecular weight excluding hydrogens is 418 g/mol. The molecule has 31 heavy (non-hydrogen) atoms. The van der Waals surface area contributed by atoms with Gasteiger partial charge in [-0.05, 0) is 50.0 Å². The molecule has 2 aliphatic heterocycles. The highest BCUT2D eigenvalue weighted by atomic mass is 32.2. The van der Waals surface area contributed by atoms with Crippen molar-refractivity contribution in [3.05, 3.63) is 24.0 Å². The van der Waals surface area contributed by atoms with E-state index in [4.69, 9.17) is 15.6 Å². The van der Waals surface area contributed by atoms with Gasteiger partial charge in [0.25, 0.3) is 0 Å². The maximum atomic E-state index is 13.2. The van der Waals surface area contributed by atoms with Crippen molar-refractivity contribution in [1.82, 2.24) is 4.98 Å². The summed E-state index contributed by atoms with van der Waals surface area (Å²) in [5, 5.41) is 9.50. The summed E-state index contributed by atoms with van der Waals surface area (Å²) in [6, 6.07) is 3.88. The summed E-state index contributed by atoms with van der Waals surface area (Å²) in [6.07, 6.45) is 6.86. The molecule has 10 heteroatoms. The van der Waals surface area contributed by atoms with Crippen LogP contribution in [-0.4, -0.2) is 58.6 Å². The number of ether oxygens (including phenoxy) is 1. The van der Waals surface area contributed by atoms with E-state index in [9.17, 15) is 9.59 Å². The Hall–Kier alpha value is -2.46. The summed E-state index contributed by atoms with van der Waals surface area (Å²) in [5.41, 5.74) is 7.78. The highest BCUT2D eigenvalue weighted by Crippen LogP contribution is 2.37. The van der Waals surface area contributed by atoms with Gasteiger partial charge in [0, 0.05) is 24.6 Å². The molecule has 1 aliphatic carbocycles. The van der Waals surface area contributed by atoms with Crippen molar-refractivity contribution in [3.63, 3.8) is 0 Å². The number of aliphatic carboxylic acids is 1. The summed E-state index contributed by atoms with van der Waals surface area (Å²) in [4.78, 5) is 39.1. The lowest BCUT2D eigenvalue weighted by Crippen LogP contribution is -2.47. The van der Waals surface area contributed by atoms with Gasteiger partial charge in [0.15, 0.2) is 11.4 Å². The predicted octanol–water partition coefficient (Wildman–Crippen LogP) is 2.23. The fourth-order valence-corrected chi connectivity index (χ4v) is 4.93.